The van der Waals surface area contributed by atoms with Gasteiger partial charge in [-0.2, -0.15) is 0 Å². The Labute approximate surface area is 182 Å². The average Bonchev–Trinajstić information content (AvgIpc) is 2.65. The van der Waals surface area contributed by atoms with E-state index in [1.165, 1.54) is 0 Å². The minimum atomic E-state index is 0. The highest BCUT2D eigenvalue weighted by molar-refractivity contribution is 14.0. The Hall–Kier alpha value is -1.06. The summed E-state index contributed by atoms with van der Waals surface area (Å²) in [5.74, 6) is 1.76. The normalized spacial score (nSPS) is 11.2. The zero-order valence-corrected chi connectivity index (χ0v) is 19.6. The molecule has 1 aromatic carbocycles. The third-order valence-corrected chi connectivity index (χ3v) is 3.81. The molecule has 0 saturated heterocycles. The van der Waals surface area contributed by atoms with E-state index < -0.39 is 0 Å². The number of nitrogens with one attached hydrogen (secondary N) is 2. The summed E-state index contributed by atoms with van der Waals surface area (Å²) in [7, 11) is 3.87. The number of likely N-dealkylation sites (N-methyl/N-ethyl adjacent to an activating group) is 1. The summed E-state index contributed by atoms with van der Waals surface area (Å²) in [4.78, 5) is 6.97. The molecule has 0 aromatic heterocycles. The predicted octanol–water partition coefficient (Wildman–Crippen LogP) is 3.12. The number of rotatable bonds is 13. The molecule has 0 aliphatic heterocycles. The van der Waals surface area contributed by atoms with Crippen molar-refractivity contribution in [2.45, 2.75) is 33.2 Å². The molecule has 0 radical (unpaired) electrons. The number of hydrogen-bond donors (Lipinski definition) is 2. The summed E-state index contributed by atoms with van der Waals surface area (Å²) in [6.07, 6.45) is 2.06. The predicted molar refractivity (Wildman–Crippen MR) is 124 cm³/mol. The van der Waals surface area contributed by atoms with Gasteiger partial charge < -0.3 is 25.0 Å². The Morgan fingerprint density at radius 1 is 1.15 bits per heavy atom. The Morgan fingerprint density at radius 3 is 2.67 bits per heavy atom. The first-order chi connectivity index (χ1) is 12.7. The second kappa shape index (κ2) is 17.1. The molecule has 0 unspecified atom stereocenters. The first-order valence-electron chi connectivity index (χ1n) is 9.61. The summed E-state index contributed by atoms with van der Waals surface area (Å²) >= 11 is 0. The smallest absolute Gasteiger partial charge is 0.191 e. The van der Waals surface area contributed by atoms with Gasteiger partial charge in [-0.1, -0.05) is 19.1 Å². The van der Waals surface area contributed by atoms with Crippen molar-refractivity contribution in [1.82, 2.24) is 15.5 Å². The van der Waals surface area contributed by atoms with E-state index in [2.05, 4.69) is 53.6 Å². The zero-order valence-electron chi connectivity index (χ0n) is 17.3. The molecule has 1 aromatic rings. The van der Waals surface area contributed by atoms with Crippen molar-refractivity contribution >= 4 is 29.9 Å². The number of hydrogen-bond acceptors (Lipinski definition) is 4. The molecule has 0 atom stereocenters. The Morgan fingerprint density at radius 2 is 1.96 bits per heavy atom. The summed E-state index contributed by atoms with van der Waals surface area (Å²) < 4.78 is 10.8. The van der Waals surface area contributed by atoms with E-state index >= 15 is 0 Å². The van der Waals surface area contributed by atoms with Gasteiger partial charge in [-0.25, -0.2) is 4.99 Å². The fourth-order valence-corrected chi connectivity index (χ4v) is 2.42. The van der Waals surface area contributed by atoms with E-state index in [9.17, 15) is 0 Å². The SMILES string of the molecule is CCCOc1cccc(CN=C(NCC)NCCN(C)CCCOC)c1.I. The Bertz CT molecular complexity index is 515. The van der Waals surface area contributed by atoms with Crippen molar-refractivity contribution in [3.05, 3.63) is 29.8 Å². The molecule has 27 heavy (non-hydrogen) atoms. The van der Waals surface area contributed by atoms with E-state index in [-0.39, 0.29) is 24.0 Å². The van der Waals surface area contributed by atoms with Crippen LogP contribution in [0.15, 0.2) is 29.3 Å². The highest BCUT2D eigenvalue weighted by Crippen LogP contribution is 2.14. The Balaban J connectivity index is 0.00000676. The number of nitrogens with zero attached hydrogens (tertiary/aromatic N) is 2. The molecule has 0 fully saturated rings. The van der Waals surface area contributed by atoms with Gasteiger partial charge >= 0.3 is 0 Å². The lowest BCUT2D eigenvalue weighted by molar-refractivity contribution is 0.180. The molecule has 7 heteroatoms. The highest BCUT2D eigenvalue weighted by atomic mass is 127. The number of benzene rings is 1. The lowest BCUT2D eigenvalue weighted by Gasteiger charge is -2.18. The van der Waals surface area contributed by atoms with Gasteiger partial charge in [-0.05, 0) is 44.5 Å². The van der Waals surface area contributed by atoms with E-state index in [0.717, 1.165) is 69.5 Å². The molecule has 0 aliphatic carbocycles. The lowest BCUT2D eigenvalue weighted by Crippen LogP contribution is -2.41. The maximum absolute atomic E-state index is 5.69. The maximum Gasteiger partial charge on any atom is 0.191 e. The van der Waals surface area contributed by atoms with Gasteiger partial charge in [0.25, 0.3) is 0 Å². The summed E-state index contributed by atoms with van der Waals surface area (Å²) in [5.41, 5.74) is 1.15. The quantitative estimate of drug-likeness (QED) is 0.192. The van der Waals surface area contributed by atoms with E-state index in [4.69, 9.17) is 9.47 Å². The van der Waals surface area contributed by atoms with Crippen LogP contribution in [0.4, 0.5) is 0 Å². The van der Waals surface area contributed by atoms with Gasteiger partial charge in [0.2, 0.25) is 0 Å². The van der Waals surface area contributed by atoms with Crippen molar-refractivity contribution in [3.63, 3.8) is 0 Å². The fourth-order valence-electron chi connectivity index (χ4n) is 2.42. The Kier molecular flexibility index (Phi) is 16.4. The van der Waals surface area contributed by atoms with Crippen molar-refractivity contribution in [1.29, 1.82) is 0 Å². The third kappa shape index (κ3) is 12.9. The van der Waals surface area contributed by atoms with Crippen molar-refractivity contribution in [3.8, 4) is 5.75 Å². The third-order valence-electron chi connectivity index (χ3n) is 3.81. The minimum absolute atomic E-state index is 0. The molecular formula is C20H37IN4O2. The zero-order chi connectivity index (χ0) is 19.0. The number of halogens is 1. The average molecular weight is 492 g/mol. The van der Waals surface area contributed by atoms with Gasteiger partial charge in [0, 0.05) is 39.9 Å². The molecular weight excluding hydrogens is 455 g/mol. The second-order valence-electron chi connectivity index (χ2n) is 6.27. The lowest BCUT2D eigenvalue weighted by atomic mass is 10.2. The summed E-state index contributed by atoms with van der Waals surface area (Å²) in [6, 6.07) is 8.15. The molecule has 0 aliphatic rings. The van der Waals surface area contributed by atoms with E-state index in [0.29, 0.717) is 6.54 Å². The van der Waals surface area contributed by atoms with Crippen LogP contribution >= 0.6 is 24.0 Å². The van der Waals surface area contributed by atoms with Gasteiger partial charge in [0.05, 0.1) is 13.2 Å². The van der Waals surface area contributed by atoms with Crippen LogP contribution in [-0.4, -0.2) is 64.4 Å². The van der Waals surface area contributed by atoms with E-state index in [1.807, 2.05) is 12.1 Å². The van der Waals surface area contributed by atoms with Gasteiger partial charge in [0.1, 0.15) is 5.75 Å². The molecule has 0 saturated carbocycles. The monoisotopic (exact) mass is 492 g/mol. The topological polar surface area (TPSA) is 58.1 Å². The first kappa shape index (κ1) is 25.9. The first-order valence-corrected chi connectivity index (χ1v) is 9.61. The molecule has 0 spiro atoms. The summed E-state index contributed by atoms with van der Waals surface area (Å²) in [6.45, 7) is 10.1. The minimum Gasteiger partial charge on any atom is -0.494 e. The molecule has 156 valence electrons. The van der Waals surface area contributed by atoms with E-state index in [1.54, 1.807) is 7.11 Å². The van der Waals surface area contributed by atoms with Crippen LogP contribution in [0.3, 0.4) is 0 Å². The fraction of sp³-hybridized carbons (Fsp3) is 0.650. The van der Waals surface area contributed by atoms with Crippen molar-refractivity contribution in [2.75, 3.05) is 53.6 Å². The molecule has 6 nitrogen and oxygen atoms in total. The van der Waals surface area contributed by atoms with Crippen LogP contribution in [0.5, 0.6) is 5.75 Å². The van der Waals surface area contributed by atoms with Crippen LogP contribution in [0.25, 0.3) is 0 Å². The van der Waals surface area contributed by atoms with Crippen LogP contribution in [0.1, 0.15) is 32.3 Å². The van der Waals surface area contributed by atoms with Crippen LogP contribution in [-0.2, 0) is 11.3 Å². The summed E-state index contributed by atoms with van der Waals surface area (Å²) in [5, 5.41) is 6.69. The highest BCUT2D eigenvalue weighted by Gasteiger charge is 2.01. The number of methoxy groups -OCH3 is 1. The molecule has 0 heterocycles. The second-order valence-corrected chi connectivity index (χ2v) is 6.27. The standard InChI is InChI=1S/C20H36N4O2.HI/c1-5-14-26-19-10-7-9-18(16-19)17-23-20(21-6-2)22-11-13-24(3)12-8-15-25-4;/h7,9-10,16H,5-6,8,11-15,17H2,1-4H3,(H2,21,22,23);1H. The van der Waals surface area contributed by atoms with Gasteiger partial charge in [0.15, 0.2) is 5.96 Å². The molecule has 1 rings (SSSR count). The van der Waals surface area contributed by atoms with Gasteiger partial charge in [-0.3, -0.25) is 0 Å². The van der Waals surface area contributed by atoms with Crippen LogP contribution in [0, 0.1) is 0 Å². The molecule has 0 bridgehead atoms. The molecule has 0 amide bonds. The molecule has 2 N–H and O–H groups in total. The van der Waals surface area contributed by atoms with Crippen molar-refractivity contribution in [2.24, 2.45) is 4.99 Å². The largest absolute Gasteiger partial charge is 0.494 e. The van der Waals surface area contributed by atoms with Crippen LogP contribution in [0.2, 0.25) is 0 Å². The number of guanidine groups is 1. The van der Waals surface area contributed by atoms with Crippen LogP contribution < -0.4 is 15.4 Å². The number of aliphatic imine (C=N–C) groups is 1. The number of ether oxygens (including phenoxy) is 2. The van der Waals surface area contributed by atoms with Gasteiger partial charge in [-0.15, -0.1) is 24.0 Å². The maximum atomic E-state index is 5.69. The van der Waals surface area contributed by atoms with Crippen molar-refractivity contribution < 1.29 is 9.47 Å².